The van der Waals surface area contributed by atoms with Gasteiger partial charge in [-0.25, -0.2) is 0 Å². The molecule has 1 aromatic heterocycles. The molecule has 0 radical (unpaired) electrons. The average molecular weight is 250 g/mol. The number of nitrogens with one attached hydrogen (secondary N) is 1. The summed E-state index contributed by atoms with van der Waals surface area (Å²) in [4.78, 5) is 14.3. The molecule has 1 fully saturated rings. The maximum absolute atomic E-state index is 11.8. The first kappa shape index (κ1) is 13.1. The van der Waals surface area contributed by atoms with Crippen LogP contribution in [0, 0.1) is 5.92 Å². The van der Waals surface area contributed by atoms with Crippen LogP contribution in [-0.2, 0) is 7.05 Å². The zero-order chi connectivity index (χ0) is 13.0. The monoisotopic (exact) mass is 250 g/mol. The van der Waals surface area contributed by atoms with Gasteiger partial charge in [-0.05, 0) is 31.8 Å². The van der Waals surface area contributed by atoms with Gasteiger partial charge in [0, 0.05) is 26.3 Å². The quantitative estimate of drug-likeness (QED) is 0.844. The van der Waals surface area contributed by atoms with Gasteiger partial charge in [0.1, 0.15) is 0 Å². The van der Waals surface area contributed by atoms with Crippen molar-refractivity contribution in [2.24, 2.45) is 13.0 Å². The Bertz CT molecular complexity index is 395. The number of carbonyl (C=O) groups excluding carboxylic acids is 1. The second-order valence-corrected chi connectivity index (χ2v) is 5.23. The molecule has 0 spiro atoms. The molecule has 5 heteroatoms. The smallest absolute Gasteiger partial charge is 0.254 e. The van der Waals surface area contributed by atoms with Crippen LogP contribution in [-0.4, -0.2) is 46.8 Å². The van der Waals surface area contributed by atoms with Gasteiger partial charge in [-0.2, -0.15) is 5.10 Å². The highest BCUT2D eigenvalue weighted by Gasteiger charge is 2.15. The van der Waals surface area contributed by atoms with E-state index in [1.807, 2.05) is 7.05 Å². The number of aromatic nitrogens is 2. The van der Waals surface area contributed by atoms with E-state index in [0.717, 1.165) is 13.1 Å². The summed E-state index contributed by atoms with van der Waals surface area (Å²) >= 11 is 0. The normalized spacial score (nSPS) is 17.9. The summed E-state index contributed by atoms with van der Waals surface area (Å²) in [5.74, 6) is 0.458. The first-order valence-corrected chi connectivity index (χ1v) is 6.64. The van der Waals surface area contributed by atoms with E-state index < -0.39 is 0 Å². The Morgan fingerprint density at radius 1 is 1.50 bits per heavy atom. The molecule has 1 N–H and O–H groups in total. The van der Waals surface area contributed by atoms with Crippen LogP contribution in [0.5, 0.6) is 0 Å². The van der Waals surface area contributed by atoms with Crippen molar-refractivity contribution in [2.45, 2.75) is 19.8 Å². The number of rotatable bonds is 5. The summed E-state index contributed by atoms with van der Waals surface area (Å²) in [5, 5.41) is 6.96. The van der Waals surface area contributed by atoms with Gasteiger partial charge >= 0.3 is 0 Å². The maximum atomic E-state index is 11.8. The second-order valence-electron chi connectivity index (χ2n) is 5.23. The third-order valence-corrected chi connectivity index (χ3v) is 3.35. The van der Waals surface area contributed by atoms with Gasteiger partial charge in [-0.1, -0.05) is 6.92 Å². The van der Waals surface area contributed by atoms with E-state index >= 15 is 0 Å². The minimum absolute atomic E-state index is 0.0311. The highest BCUT2D eigenvalue weighted by Crippen LogP contribution is 2.09. The largest absolute Gasteiger partial charge is 0.352 e. The fraction of sp³-hybridized carbons (Fsp3) is 0.692. The van der Waals surface area contributed by atoms with Crippen LogP contribution in [0.15, 0.2) is 12.4 Å². The molecule has 1 aliphatic rings. The van der Waals surface area contributed by atoms with E-state index in [-0.39, 0.29) is 5.91 Å². The molecule has 0 aromatic carbocycles. The first-order chi connectivity index (χ1) is 8.65. The van der Waals surface area contributed by atoms with E-state index in [1.54, 1.807) is 17.1 Å². The van der Waals surface area contributed by atoms with Crippen LogP contribution >= 0.6 is 0 Å². The van der Waals surface area contributed by atoms with E-state index in [0.29, 0.717) is 11.5 Å². The number of carbonyl (C=O) groups is 1. The molecule has 2 rings (SSSR count). The van der Waals surface area contributed by atoms with E-state index in [1.165, 1.54) is 25.9 Å². The lowest BCUT2D eigenvalue weighted by molar-refractivity contribution is 0.0945. The van der Waals surface area contributed by atoms with Crippen molar-refractivity contribution in [1.82, 2.24) is 20.0 Å². The number of hydrogen-bond donors (Lipinski definition) is 1. The van der Waals surface area contributed by atoms with Crippen LogP contribution in [0.2, 0.25) is 0 Å². The number of aryl methyl sites for hydroxylation is 1. The van der Waals surface area contributed by atoms with Crippen molar-refractivity contribution in [3.05, 3.63) is 18.0 Å². The van der Waals surface area contributed by atoms with Crippen molar-refractivity contribution in [3.63, 3.8) is 0 Å². The van der Waals surface area contributed by atoms with Crippen molar-refractivity contribution in [2.75, 3.05) is 26.2 Å². The third-order valence-electron chi connectivity index (χ3n) is 3.35. The fourth-order valence-electron chi connectivity index (χ4n) is 2.38. The summed E-state index contributed by atoms with van der Waals surface area (Å²) in [6.07, 6.45) is 5.96. The molecule has 1 saturated heterocycles. The number of hydrogen-bond acceptors (Lipinski definition) is 3. The molecule has 1 aliphatic heterocycles. The molecule has 0 saturated carbocycles. The molecule has 2 heterocycles. The molecule has 18 heavy (non-hydrogen) atoms. The molecule has 1 unspecified atom stereocenters. The lowest BCUT2D eigenvalue weighted by Crippen LogP contribution is -2.34. The van der Waals surface area contributed by atoms with E-state index in [4.69, 9.17) is 0 Å². The van der Waals surface area contributed by atoms with Crippen molar-refractivity contribution >= 4 is 5.91 Å². The molecular weight excluding hydrogens is 228 g/mol. The van der Waals surface area contributed by atoms with Gasteiger partial charge in [0.2, 0.25) is 0 Å². The van der Waals surface area contributed by atoms with Crippen LogP contribution in [0.4, 0.5) is 0 Å². The summed E-state index contributed by atoms with van der Waals surface area (Å²) in [5.41, 5.74) is 0.630. The third kappa shape index (κ3) is 3.57. The molecular formula is C13H22N4O. The lowest BCUT2D eigenvalue weighted by atomic mass is 10.1. The summed E-state index contributed by atoms with van der Waals surface area (Å²) in [7, 11) is 1.81. The average Bonchev–Trinajstić information content (AvgIpc) is 2.97. The molecule has 1 amide bonds. The Hall–Kier alpha value is -1.36. The Morgan fingerprint density at radius 2 is 2.22 bits per heavy atom. The van der Waals surface area contributed by atoms with E-state index in [2.05, 4.69) is 22.2 Å². The van der Waals surface area contributed by atoms with Crippen LogP contribution < -0.4 is 5.32 Å². The Balaban J connectivity index is 1.71. The van der Waals surface area contributed by atoms with E-state index in [9.17, 15) is 4.79 Å². The zero-order valence-corrected chi connectivity index (χ0v) is 11.2. The summed E-state index contributed by atoms with van der Waals surface area (Å²) in [6, 6.07) is 0. The first-order valence-electron chi connectivity index (χ1n) is 6.64. The van der Waals surface area contributed by atoms with Crippen molar-refractivity contribution in [1.29, 1.82) is 0 Å². The van der Waals surface area contributed by atoms with Gasteiger partial charge in [-0.15, -0.1) is 0 Å². The predicted molar refractivity (Wildman–Crippen MR) is 70.4 cm³/mol. The fourth-order valence-corrected chi connectivity index (χ4v) is 2.38. The van der Waals surface area contributed by atoms with Crippen LogP contribution in [0.1, 0.15) is 30.1 Å². The Kier molecular flexibility index (Phi) is 4.36. The molecule has 0 aliphatic carbocycles. The highest BCUT2D eigenvalue weighted by atomic mass is 16.1. The molecule has 0 bridgehead atoms. The van der Waals surface area contributed by atoms with Gasteiger partial charge in [0.25, 0.3) is 5.91 Å². The lowest BCUT2D eigenvalue weighted by Gasteiger charge is -2.20. The van der Waals surface area contributed by atoms with Crippen LogP contribution in [0.25, 0.3) is 0 Å². The zero-order valence-electron chi connectivity index (χ0n) is 11.2. The summed E-state index contributed by atoms with van der Waals surface area (Å²) in [6.45, 7) is 6.40. The minimum Gasteiger partial charge on any atom is -0.352 e. The maximum Gasteiger partial charge on any atom is 0.254 e. The molecule has 100 valence electrons. The van der Waals surface area contributed by atoms with Gasteiger partial charge < -0.3 is 10.2 Å². The van der Waals surface area contributed by atoms with Crippen molar-refractivity contribution in [3.8, 4) is 0 Å². The predicted octanol–water partition coefficient (Wildman–Crippen LogP) is 0.882. The van der Waals surface area contributed by atoms with Crippen LogP contribution in [0.3, 0.4) is 0 Å². The minimum atomic E-state index is -0.0311. The molecule has 1 atom stereocenters. The van der Waals surface area contributed by atoms with Gasteiger partial charge in [0.05, 0.1) is 11.8 Å². The van der Waals surface area contributed by atoms with Gasteiger partial charge in [0.15, 0.2) is 0 Å². The standard InChI is InChI=1S/C13H22N4O/c1-11(9-17-5-3-4-6-17)7-14-13(18)12-8-15-16(2)10-12/h8,10-11H,3-7,9H2,1-2H3,(H,14,18). The Morgan fingerprint density at radius 3 is 2.83 bits per heavy atom. The molecule has 1 aromatic rings. The Labute approximate surface area is 108 Å². The topological polar surface area (TPSA) is 50.2 Å². The number of likely N-dealkylation sites (tertiary alicyclic amines) is 1. The highest BCUT2D eigenvalue weighted by molar-refractivity contribution is 5.93. The number of amides is 1. The number of nitrogens with zero attached hydrogens (tertiary/aromatic N) is 3. The molecule has 5 nitrogen and oxygen atoms in total. The summed E-state index contributed by atoms with van der Waals surface area (Å²) < 4.78 is 1.64. The second kappa shape index (κ2) is 6.00. The van der Waals surface area contributed by atoms with Gasteiger partial charge in [-0.3, -0.25) is 9.48 Å². The SMILES string of the molecule is CC(CNC(=O)c1cnn(C)c1)CN1CCCC1. The van der Waals surface area contributed by atoms with Crippen molar-refractivity contribution < 1.29 is 4.79 Å².